The van der Waals surface area contributed by atoms with E-state index in [4.69, 9.17) is 15.2 Å². The van der Waals surface area contributed by atoms with Gasteiger partial charge in [-0.1, -0.05) is 13.3 Å². The number of ether oxygens (including phenoxy) is 2. The van der Waals surface area contributed by atoms with E-state index in [0.29, 0.717) is 0 Å². The fourth-order valence-corrected chi connectivity index (χ4v) is 3.07. The van der Waals surface area contributed by atoms with Gasteiger partial charge in [-0.25, -0.2) is 0 Å². The van der Waals surface area contributed by atoms with Gasteiger partial charge in [-0.3, -0.25) is 4.79 Å². The van der Waals surface area contributed by atoms with Crippen LogP contribution in [0.25, 0.3) is 0 Å². The minimum absolute atomic E-state index is 0.232. The van der Waals surface area contributed by atoms with E-state index in [1.54, 1.807) is 0 Å². The first-order chi connectivity index (χ1) is 9.58. The predicted octanol–water partition coefficient (Wildman–Crippen LogP) is 1.41. The number of carbonyl (C=O) groups excluding carboxylic acids is 1. The van der Waals surface area contributed by atoms with E-state index in [2.05, 4.69) is 11.8 Å². The lowest BCUT2D eigenvalue weighted by atomic mass is 9.85. The summed E-state index contributed by atoms with van der Waals surface area (Å²) in [4.78, 5) is 14.2. The fraction of sp³-hybridized carbons (Fsp3) is 0.933. The van der Waals surface area contributed by atoms with Crippen molar-refractivity contribution in [3.05, 3.63) is 0 Å². The number of nitrogens with two attached hydrogens (primary N) is 1. The van der Waals surface area contributed by atoms with Gasteiger partial charge in [0, 0.05) is 13.2 Å². The lowest BCUT2D eigenvalue weighted by Gasteiger charge is -2.30. The van der Waals surface area contributed by atoms with Gasteiger partial charge in [-0.15, -0.1) is 0 Å². The van der Waals surface area contributed by atoms with Gasteiger partial charge in [0.25, 0.3) is 0 Å². The first-order valence-corrected chi connectivity index (χ1v) is 7.75. The van der Waals surface area contributed by atoms with E-state index in [1.165, 1.54) is 7.11 Å². The second-order valence-corrected chi connectivity index (χ2v) is 5.54. The zero-order chi connectivity index (χ0) is 15.0. The molecule has 0 heterocycles. The molecular formula is C15H30N2O3. The monoisotopic (exact) mass is 286 g/mol. The van der Waals surface area contributed by atoms with Crippen LogP contribution < -0.4 is 5.73 Å². The molecule has 118 valence electrons. The molecule has 1 aliphatic carbocycles. The summed E-state index contributed by atoms with van der Waals surface area (Å²) in [5.41, 5.74) is 5.52. The van der Waals surface area contributed by atoms with Gasteiger partial charge in [-0.05, 0) is 45.2 Å². The molecule has 0 aliphatic heterocycles. The number of nitrogens with zero attached hydrogens (tertiary/aromatic N) is 1. The molecule has 2 N–H and O–H groups in total. The largest absolute Gasteiger partial charge is 0.468 e. The van der Waals surface area contributed by atoms with Crippen molar-refractivity contribution in [2.45, 2.75) is 45.1 Å². The third-order valence-corrected chi connectivity index (χ3v) is 4.43. The lowest BCUT2D eigenvalue weighted by Crippen LogP contribution is -2.52. The lowest BCUT2D eigenvalue weighted by molar-refractivity contribution is -0.148. The summed E-state index contributed by atoms with van der Waals surface area (Å²) in [6, 6.07) is 0. The van der Waals surface area contributed by atoms with Crippen LogP contribution in [0.5, 0.6) is 0 Å². The fourth-order valence-electron chi connectivity index (χ4n) is 3.07. The molecule has 0 amide bonds. The first kappa shape index (κ1) is 17.4. The van der Waals surface area contributed by atoms with E-state index < -0.39 is 5.54 Å². The molecule has 5 nitrogen and oxygen atoms in total. The van der Waals surface area contributed by atoms with Crippen molar-refractivity contribution in [1.29, 1.82) is 0 Å². The van der Waals surface area contributed by atoms with E-state index in [1.807, 2.05) is 6.92 Å². The maximum atomic E-state index is 11.9. The van der Waals surface area contributed by atoms with Gasteiger partial charge in [-0.2, -0.15) is 0 Å². The van der Waals surface area contributed by atoms with Crippen LogP contribution in [0.4, 0.5) is 0 Å². The molecule has 1 saturated carbocycles. The number of likely N-dealkylation sites (N-methyl/N-ethyl adjacent to an activating group) is 1. The zero-order valence-corrected chi connectivity index (χ0v) is 13.2. The van der Waals surface area contributed by atoms with Gasteiger partial charge >= 0.3 is 5.97 Å². The molecule has 0 aromatic carbocycles. The van der Waals surface area contributed by atoms with Crippen molar-refractivity contribution >= 4 is 5.97 Å². The summed E-state index contributed by atoms with van der Waals surface area (Å²) in [6.07, 6.45) is 3.73. The van der Waals surface area contributed by atoms with Crippen molar-refractivity contribution in [2.24, 2.45) is 11.7 Å². The average molecular weight is 286 g/mol. The summed E-state index contributed by atoms with van der Waals surface area (Å²) in [7, 11) is 1.42. The molecule has 2 atom stereocenters. The molecular weight excluding hydrogens is 256 g/mol. The number of methoxy groups -OCH3 is 1. The molecule has 1 rings (SSSR count). The van der Waals surface area contributed by atoms with E-state index in [-0.39, 0.29) is 11.9 Å². The summed E-state index contributed by atoms with van der Waals surface area (Å²) >= 11 is 0. The van der Waals surface area contributed by atoms with Crippen molar-refractivity contribution in [3.63, 3.8) is 0 Å². The predicted molar refractivity (Wildman–Crippen MR) is 79.5 cm³/mol. The molecule has 1 fully saturated rings. The molecule has 2 unspecified atom stereocenters. The normalized spacial score (nSPS) is 26.1. The topological polar surface area (TPSA) is 64.8 Å². The average Bonchev–Trinajstić information content (AvgIpc) is 2.84. The standard InChI is InChI=1S/C15H30N2O3/c1-4-17(11-12-20-5-2)10-8-13-7-6-9-15(13,16)14(18)19-3/h13H,4-12,16H2,1-3H3. The number of hydrogen-bond acceptors (Lipinski definition) is 5. The summed E-state index contributed by atoms with van der Waals surface area (Å²) in [6.45, 7) is 8.57. The summed E-state index contributed by atoms with van der Waals surface area (Å²) < 4.78 is 10.3. The van der Waals surface area contributed by atoms with Crippen LogP contribution in [0, 0.1) is 5.92 Å². The van der Waals surface area contributed by atoms with Gasteiger partial charge in [0.2, 0.25) is 0 Å². The molecule has 0 bridgehead atoms. The SMILES string of the molecule is CCOCCN(CC)CCC1CCCC1(N)C(=O)OC. The van der Waals surface area contributed by atoms with Gasteiger partial charge < -0.3 is 20.1 Å². The van der Waals surface area contributed by atoms with Crippen LogP contribution in [0.1, 0.15) is 39.5 Å². The van der Waals surface area contributed by atoms with Crippen molar-refractivity contribution in [3.8, 4) is 0 Å². The van der Waals surface area contributed by atoms with Crippen LogP contribution in [0.3, 0.4) is 0 Å². The van der Waals surface area contributed by atoms with Crippen LogP contribution in [-0.4, -0.2) is 56.4 Å². The van der Waals surface area contributed by atoms with E-state index >= 15 is 0 Å². The second-order valence-electron chi connectivity index (χ2n) is 5.54. The van der Waals surface area contributed by atoms with Crippen LogP contribution in [-0.2, 0) is 14.3 Å². The Kier molecular flexibility index (Phi) is 7.48. The Hall–Kier alpha value is -0.650. The Labute approximate surface area is 122 Å². The van der Waals surface area contributed by atoms with Gasteiger partial charge in [0.05, 0.1) is 13.7 Å². The molecule has 0 aromatic rings. The second kappa shape index (κ2) is 8.60. The summed E-state index contributed by atoms with van der Waals surface area (Å²) in [5, 5.41) is 0. The molecule has 20 heavy (non-hydrogen) atoms. The highest BCUT2D eigenvalue weighted by Crippen LogP contribution is 2.37. The van der Waals surface area contributed by atoms with Crippen LogP contribution in [0.15, 0.2) is 0 Å². The highest BCUT2D eigenvalue weighted by atomic mass is 16.5. The minimum atomic E-state index is -0.770. The maximum Gasteiger partial charge on any atom is 0.326 e. The quantitative estimate of drug-likeness (QED) is 0.513. The number of rotatable bonds is 9. The highest BCUT2D eigenvalue weighted by Gasteiger charge is 2.46. The molecule has 5 heteroatoms. The maximum absolute atomic E-state index is 11.9. The Morgan fingerprint density at radius 3 is 2.75 bits per heavy atom. The van der Waals surface area contributed by atoms with Crippen molar-refractivity contribution < 1.29 is 14.3 Å². The number of hydrogen-bond donors (Lipinski definition) is 1. The van der Waals surface area contributed by atoms with E-state index in [0.717, 1.165) is 58.5 Å². The molecule has 0 spiro atoms. The van der Waals surface area contributed by atoms with Gasteiger partial charge in [0.15, 0.2) is 0 Å². The molecule has 0 radical (unpaired) electrons. The minimum Gasteiger partial charge on any atom is -0.468 e. The highest BCUT2D eigenvalue weighted by molar-refractivity contribution is 5.81. The third-order valence-electron chi connectivity index (χ3n) is 4.43. The zero-order valence-electron chi connectivity index (χ0n) is 13.2. The van der Waals surface area contributed by atoms with E-state index in [9.17, 15) is 4.79 Å². The smallest absolute Gasteiger partial charge is 0.326 e. The Bertz CT molecular complexity index is 299. The first-order valence-electron chi connectivity index (χ1n) is 7.75. The number of carbonyl (C=O) groups is 1. The Morgan fingerprint density at radius 1 is 1.40 bits per heavy atom. The van der Waals surface area contributed by atoms with Gasteiger partial charge in [0.1, 0.15) is 5.54 Å². The van der Waals surface area contributed by atoms with Crippen molar-refractivity contribution in [2.75, 3.05) is 40.0 Å². The van der Waals surface area contributed by atoms with Crippen LogP contribution in [0.2, 0.25) is 0 Å². The molecule has 0 saturated heterocycles. The Balaban J connectivity index is 2.44. The van der Waals surface area contributed by atoms with Crippen molar-refractivity contribution in [1.82, 2.24) is 4.90 Å². The molecule has 1 aliphatic rings. The number of esters is 1. The Morgan fingerprint density at radius 2 is 2.15 bits per heavy atom. The third kappa shape index (κ3) is 4.43. The molecule has 0 aromatic heterocycles. The van der Waals surface area contributed by atoms with Crippen LogP contribution >= 0.6 is 0 Å². The summed E-state index contributed by atoms with van der Waals surface area (Å²) in [5.74, 6) is -0.0199.